The summed E-state index contributed by atoms with van der Waals surface area (Å²) in [6.07, 6.45) is 0.313. The molecule has 0 radical (unpaired) electrons. The number of nitrogens with one attached hydrogen (secondary N) is 1. The topological polar surface area (TPSA) is 59.9 Å². The SMILES string of the molecule is O=C(N/N=C/c1ccc(Cl)cc1)C(Oc1ccccc1)Oc1ccccc1. The number of rotatable bonds is 7. The molecule has 1 N–H and O–H groups in total. The molecule has 0 saturated heterocycles. The van der Waals surface area contributed by atoms with Gasteiger partial charge in [-0.1, -0.05) is 60.1 Å². The zero-order valence-electron chi connectivity index (χ0n) is 14.3. The predicted molar refractivity (Wildman–Crippen MR) is 105 cm³/mol. The van der Waals surface area contributed by atoms with E-state index in [0.29, 0.717) is 16.5 Å². The van der Waals surface area contributed by atoms with Crippen molar-refractivity contribution in [3.05, 3.63) is 95.5 Å². The molecule has 6 heteroatoms. The first-order valence-electron chi connectivity index (χ1n) is 8.22. The molecular formula is C21H17ClN2O3. The van der Waals surface area contributed by atoms with Gasteiger partial charge < -0.3 is 9.47 Å². The Balaban J connectivity index is 1.68. The molecule has 3 rings (SSSR count). The predicted octanol–water partition coefficient (Wildman–Crippen LogP) is 4.27. The lowest BCUT2D eigenvalue weighted by Gasteiger charge is -2.18. The Labute approximate surface area is 162 Å². The van der Waals surface area contributed by atoms with E-state index < -0.39 is 12.2 Å². The van der Waals surface area contributed by atoms with Crippen LogP contribution in [0.3, 0.4) is 0 Å². The summed E-state index contributed by atoms with van der Waals surface area (Å²) in [5, 5.41) is 4.58. The zero-order chi connectivity index (χ0) is 18.9. The average molecular weight is 381 g/mol. The van der Waals surface area contributed by atoms with E-state index in [-0.39, 0.29) is 0 Å². The molecule has 136 valence electrons. The Morgan fingerprint density at radius 3 is 1.89 bits per heavy atom. The lowest BCUT2D eigenvalue weighted by molar-refractivity contribution is -0.140. The maximum Gasteiger partial charge on any atom is 0.323 e. The highest BCUT2D eigenvalue weighted by Gasteiger charge is 2.22. The summed E-state index contributed by atoms with van der Waals surface area (Å²) in [6, 6.07) is 25.0. The third kappa shape index (κ3) is 5.87. The lowest BCUT2D eigenvalue weighted by atomic mass is 10.2. The number of halogens is 1. The van der Waals surface area contributed by atoms with Crippen molar-refractivity contribution in [3.63, 3.8) is 0 Å². The molecule has 0 aliphatic carbocycles. The maximum absolute atomic E-state index is 12.5. The van der Waals surface area contributed by atoms with Gasteiger partial charge in [0, 0.05) is 5.02 Å². The molecule has 27 heavy (non-hydrogen) atoms. The Kier molecular flexibility index (Phi) is 6.44. The van der Waals surface area contributed by atoms with Crippen LogP contribution in [0.5, 0.6) is 11.5 Å². The first kappa shape index (κ1) is 18.5. The summed E-state index contributed by atoms with van der Waals surface area (Å²) < 4.78 is 11.3. The van der Waals surface area contributed by atoms with E-state index in [2.05, 4.69) is 10.5 Å². The maximum atomic E-state index is 12.5. The molecule has 0 atom stereocenters. The number of hydrazone groups is 1. The fourth-order valence-corrected chi connectivity index (χ4v) is 2.27. The van der Waals surface area contributed by atoms with Crippen LogP contribution in [-0.2, 0) is 4.79 Å². The summed E-state index contributed by atoms with van der Waals surface area (Å²) in [4.78, 5) is 12.5. The van der Waals surface area contributed by atoms with Crippen molar-refractivity contribution in [1.82, 2.24) is 5.43 Å². The van der Waals surface area contributed by atoms with Gasteiger partial charge in [-0.25, -0.2) is 5.43 Å². The van der Waals surface area contributed by atoms with Crippen molar-refractivity contribution >= 4 is 23.7 Å². The number of ether oxygens (including phenoxy) is 2. The van der Waals surface area contributed by atoms with E-state index in [1.165, 1.54) is 6.21 Å². The van der Waals surface area contributed by atoms with Crippen molar-refractivity contribution < 1.29 is 14.3 Å². The first-order chi connectivity index (χ1) is 13.2. The van der Waals surface area contributed by atoms with E-state index in [0.717, 1.165) is 5.56 Å². The standard InChI is InChI=1S/C21H17ClN2O3/c22-17-13-11-16(12-14-17)15-23-24-20(25)21(26-18-7-3-1-4-8-18)27-19-9-5-2-6-10-19/h1-15,21H,(H,24,25)/b23-15+. The Morgan fingerprint density at radius 2 is 1.37 bits per heavy atom. The second kappa shape index (κ2) is 9.40. The quantitative estimate of drug-likeness (QED) is 0.378. The fraction of sp³-hybridized carbons (Fsp3) is 0.0476. The van der Waals surface area contributed by atoms with E-state index >= 15 is 0 Å². The third-order valence-corrected chi connectivity index (χ3v) is 3.70. The van der Waals surface area contributed by atoms with E-state index in [1.807, 2.05) is 36.4 Å². The van der Waals surface area contributed by atoms with Gasteiger partial charge in [-0.15, -0.1) is 0 Å². The molecule has 5 nitrogen and oxygen atoms in total. The molecule has 0 unspecified atom stereocenters. The van der Waals surface area contributed by atoms with Gasteiger partial charge in [-0.2, -0.15) is 5.10 Å². The van der Waals surface area contributed by atoms with Crippen LogP contribution in [0, 0.1) is 0 Å². The van der Waals surface area contributed by atoms with E-state index in [9.17, 15) is 4.79 Å². The molecule has 0 spiro atoms. The normalized spacial score (nSPS) is 10.7. The molecular weight excluding hydrogens is 364 g/mol. The van der Waals surface area contributed by atoms with Crippen LogP contribution < -0.4 is 14.9 Å². The van der Waals surface area contributed by atoms with Crippen molar-refractivity contribution in [2.24, 2.45) is 5.10 Å². The highest BCUT2D eigenvalue weighted by Crippen LogP contribution is 2.16. The second-order valence-electron chi connectivity index (χ2n) is 5.48. The van der Waals surface area contributed by atoms with Gasteiger partial charge >= 0.3 is 12.2 Å². The molecule has 0 aliphatic rings. The summed E-state index contributed by atoms with van der Waals surface area (Å²) in [6.45, 7) is 0. The number of nitrogens with zero attached hydrogens (tertiary/aromatic N) is 1. The molecule has 0 fully saturated rings. The van der Waals surface area contributed by atoms with E-state index in [1.54, 1.807) is 48.5 Å². The fourth-order valence-electron chi connectivity index (χ4n) is 2.15. The lowest BCUT2D eigenvalue weighted by Crippen LogP contribution is -2.40. The minimum absolute atomic E-state index is 0.510. The van der Waals surface area contributed by atoms with Crippen molar-refractivity contribution in [1.29, 1.82) is 0 Å². The number of carbonyl (C=O) groups excluding carboxylic acids is 1. The molecule has 3 aromatic rings. The van der Waals surface area contributed by atoms with Crippen LogP contribution in [0.25, 0.3) is 0 Å². The minimum atomic E-state index is -1.20. The van der Waals surface area contributed by atoms with Gasteiger partial charge in [0.2, 0.25) is 0 Å². The monoisotopic (exact) mass is 380 g/mol. The van der Waals surface area contributed by atoms with Crippen LogP contribution in [0.2, 0.25) is 5.02 Å². The molecule has 3 aromatic carbocycles. The number of benzene rings is 3. The van der Waals surface area contributed by atoms with Crippen LogP contribution in [0.15, 0.2) is 90.0 Å². The summed E-state index contributed by atoms with van der Waals surface area (Å²) >= 11 is 5.84. The largest absolute Gasteiger partial charge is 0.446 e. The zero-order valence-corrected chi connectivity index (χ0v) is 15.0. The first-order valence-corrected chi connectivity index (χ1v) is 8.60. The number of hydrogen-bond acceptors (Lipinski definition) is 4. The highest BCUT2D eigenvalue weighted by atomic mass is 35.5. The average Bonchev–Trinajstić information content (AvgIpc) is 2.70. The van der Waals surface area contributed by atoms with Crippen molar-refractivity contribution in [2.75, 3.05) is 0 Å². The number of carbonyl (C=O) groups is 1. The van der Waals surface area contributed by atoms with Gasteiger partial charge in [-0.3, -0.25) is 4.79 Å². The smallest absolute Gasteiger partial charge is 0.323 e. The number of para-hydroxylation sites is 2. The summed E-state index contributed by atoms with van der Waals surface area (Å²) in [5.41, 5.74) is 3.23. The molecule has 0 aliphatic heterocycles. The number of amides is 1. The van der Waals surface area contributed by atoms with Crippen molar-refractivity contribution in [2.45, 2.75) is 6.29 Å². The molecule has 0 heterocycles. The van der Waals surface area contributed by atoms with Gasteiger partial charge in [0.1, 0.15) is 11.5 Å². The van der Waals surface area contributed by atoms with Gasteiger partial charge in [0.15, 0.2) is 0 Å². The Bertz CT molecular complexity index is 843. The Hall–Kier alpha value is -3.31. The van der Waals surface area contributed by atoms with Gasteiger partial charge in [0.25, 0.3) is 0 Å². The Morgan fingerprint density at radius 1 is 0.852 bits per heavy atom. The van der Waals surface area contributed by atoms with Gasteiger partial charge in [-0.05, 0) is 42.0 Å². The molecule has 1 amide bonds. The summed E-state index contributed by atoms with van der Waals surface area (Å²) in [7, 11) is 0. The number of hydrogen-bond donors (Lipinski definition) is 1. The van der Waals surface area contributed by atoms with Crippen LogP contribution >= 0.6 is 11.6 Å². The van der Waals surface area contributed by atoms with Crippen LogP contribution in [0.1, 0.15) is 5.56 Å². The van der Waals surface area contributed by atoms with Crippen LogP contribution in [0.4, 0.5) is 0 Å². The van der Waals surface area contributed by atoms with Gasteiger partial charge in [0.05, 0.1) is 6.21 Å². The summed E-state index contributed by atoms with van der Waals surface area (Å²) in [5.74, 6) is 0.485. The molecule has 0 saturated carbocycles. The minimum Gasteiger partial charge on any atom is -0.446 e. The third-order valence-electron chi connectivity index (χ3n) is 3.45. The highest BCUT2D eigenvalue weighted by molar-refractivity contribution is 6.30. The molecule has 0 aromatic heterocycles. The van der Waals surface area contributed by atoms with Crippen LogP contribution in [-0.4, -0.2) is 18.4 Å². The molecule has 0 bridgehead atoms. The van der Waals surface area contributed by atoms with Crippen molar-refractivity contribution in [3.8, 4) is 11.5 Å². The second-order valence-corrected chi connectivity index (χ2v) is 5.92. The van der Waals surface area contributed by atoms with E-state index in [4.69, 9.17) is 21.1 Å².